The van der Waals surface area contributed by atoms with Crippen LogP contribution < -0.4 is 0 Å². The van der Waals surface area contributed by atoms with Gasteiger partial charge in [-0.05, 0) is 0 Å². The maximum atomic E-state index is 8.30. The summed E-state index contributed by atoms with van der Waals surface area (Å²) in [4.78, 5) is 0. The molecule has 0 aromatic heterocycles. The van der Waals surface area contributed by atoms with Gasteiger partial charge < -0.3 is 5.11 Å². The Morgan fingerprint density at radius 3 is 2.12 bits per heavy atom. The van der Waals surface area contributed by atoms with Crippen molar-refractivity contribution in [3.05, 3.63) is 66.0 Å². The fourth-order valence-corrected chi connectivity index (χ4v) is 1.34. The van der Waals surface area contributed by atoms with Crippen LogP contribution in [-0.2, 0) is 23.5 Å². The van der Waals surface area contributed by atoms with Crippen molar-refractivity contribution >= 4 is 0 Å². The minimum absolute atomic E-state index is 0. The van der Waals surface area contributed by atoms with Gasteiger partial charge in [-0.2, -0.15) is 17.7 Å². The third-order valence-electron chi connectivity index (χ3n) is 2.11. The molecule has 0 fully saturated rings. The third kappa shape index (κ3) is 5.69. The van der Waals surface area contributed by atoms with Crippen LogP contribution in [0.2, 0.25) is 0 Å². The van der Waals surface area contributed by atoms with E-state index in [-0.39, 0.29) is 17.1 Å². The average Bonchev–Trinajstić information content (AvgIpc) is 2.91. The number of allylic oxidation sites excluding steroid dienone is 5. The molecule has 0 radical (unpaired) electrons. The van der Waals surface area contributed by atoms with Crippen molar-refractivity contribution in [2.75, 3.05) is 0 Å². The van der Waals surface area contributed by atoms with Crippen molar-refractivity contribution in [3.63, 3.8) is 0 Å². The van der Waals surface area contributed by atoms with E-state index in [2.05, 4.69) is 31.2 Å². The molecule has 88 valence electrons. The van der Waals surface area contributed by atoms with E-state index >= 15 is 0 Å². The zero-order valence-corrected chi connectivity index (χ0v) is 10.5. The van der Waals surface area contributed by atoms with E-state index in [9.17, 15) is 0 Å². The summed E-state index contributed by atoms with van der Waals surface area (Å²) in [7, 11) is 0. The molecule has 1 N–H and O–H groups in total. The molecule has 0 heterocycles. The Kier molecular flexibility index (Phi) is 8.51. The minimum atomic E-state index is 0. The van der Waals surface area contributed by atoms with Crippen LogP contribution in [0, 0.1) is 0 Å². The van der Waals surface area contributed by atoms with Gasteiger partial charge in [0.1, 0.15) is 0 Å². The van der Waals surface area contributed by atoms with Crippen LogP contribution in [0.15, 0.2) is 60.4 Å². The molecular formula is C14H17FeO-. The van der Waals surface area contributed by atoms with Crippen molar-refractivity contribution in [3.8, 4) is 0 Å². The standard InChI is InChI=1S/C8H11.C6H6O.Fe/c1-2-5-8-6-3-4-7-8;7-5-6-3-1-2-4-6;/h3-4,6-7H,2,5H2,1H3;1-5,7H;/q-1;;. The molecular weight excluding hydrogens is 240 g/mol. The van der Waals surface area contributed by atoms with Crippen LogP contribution in [0.25, 0.3) is 0 Å². The number of hydrogen-bond acceptors (Lipinski definition) is 1. The summed E-state index contributed by atoms with van der Waals surface area (Å²) in [5, 5.41) is 8.30. The van der Waals surface area contributed by atoms with Crippen molar-refractivity contribution in [2.45, 2.75) is 19.8 Å². The van der Waals surface area contributed by atoms with Gasteiger partial charge in [-0.1, -0.05) is 44.1 Å². The van der Waals surface area contributed by atoms with Crippen LogP contribution in [0.3, 0.4) is 0 Å². The second-order valence-corrected chi connectivity index (χ2v) is 3.39. The Hall–Kier alpha value is -1.11. The molecule has 0 saturated carbocycles. The quantitative estimate of drug-likeness (QED) is 0.483. The Morgan fingerprint density at radius 2 is 1.75 bits per heavy atom. The molecule has 0 saturated heterocycles. The van der Waals surface area contributed by atoms with Crippen molar-refractivity contribution < 1.29 is 22.2 Å². The molecule has 1 aliphatic rings. The fourth-order valence-electron chi connectivity index (χ4n) is 1.34. The van der Waals surface area contributed by atoms with Crippen molar-refractivity contribution in [1.82, 2.24) is 0 Å². The van der Waals surface area contributed by atoms with Gasteiger partial charge in [0.05, 0.1) is 6.26 Å². The Balaban J connectivity index is 0.000000267. The molecule has 2 heteroatoms. The first-order chi connectivity index (χ1) is 7.36. The van der Waals surface area contributed by atoms with Gasteiger partial charge in [-0.3, -0.25) is 0 Å². The molecule has 0 spiro atoms. The summed E-state index contributed by atoms with van der Waals surface area (Å²) < 4.78 is 0. The summed E-state index contributed by atoms with van der Waals surface area (Å²) in [5.74, 6) is 0. The first-order valence-corrected chi connectivity index (χ1v) is 5.26. The second-order valence-electron chi connectivity index (χ2n) is 3.39. The predicted octanol–water partition coefficient (Wildman–Crippen LogP) is 3.91. The van der Waals surface area contributed by atoms with E-state index in [0.29, 0.717) is 0 Å². The average molecular weight is 257 g/mol. The zero-order chi connectivity index (χ0) is 10.9. The second kappa shape index (κ2) is 9.14. The summed E-state index contributed by atoms with van der Waals surface area (Å²) in [6, 6.07) is 8.52. The molecule has 0 aliphatic heterocycles. The van der Waals surface area contributed by atoms with E-state index in [4.69, 9.17) is 5.11 Å². The van der Waals surface area contributed by atoms with Gasteiger partial charge in [-0.25, -0.2) is 12.1 Å². The normalized spacial score (nSPS) is 11.7. The molecule has 0 atom stereocenters. The first-order valence-electron chi connectivity index (χ1n) is 5.26. The monoisotopic (exact) mass is 257 g/mol. The maximum absolute atomic E-state index is 8.30. The smallest absolute Gasteiger partial charge is 0.0864 e. The first kappa shape index (κ1) is 14.9. The van der Waals surface area contributed by atoms with Gasteiger partial charge in [0.25, 0.3) is 0 Å². The van der Waals surface area contributed by atoms with Gasteiger partial charge in [0.15, 0.2) is 0 Å². The van der Waals surface area contributed by atoms with E-state index in [0.717, 1.165) is 11.8 Å². The zero-order valence-electron chi connectivity index (χ0n) is 9.41. The van der Waals surface area contributed by atoms with E-state index in [1.54, 1.807) is 0 Å². The molecule has 1 aliphatic carbocycles. The van der Waals surface area contributed by atoms with Crippen molar-refractivity contribution in [1.29, 1.82) is 0 Å². The summed E-state index contributed by atoms with van der Waals surface area (Å²) in [6.45, 7) is 2.20. The molecule has 2 rings (SSSR count). The minimum Gasteiger partial charge on any atom is -0.515 e. The number of aryl methyl sites for hydroxylation is 1. The number of aliphatic hydroxyl groups excluding tert-OH is 1. The summed E-state index contributed by atoms with van der Waals surface area (Å²) in [6.07, 6.45) is 11.0. The van der Waals surface area contributed by atoms with Crippen LogP contribution in [0.5, 0.6) is 0 Å². The van der Waals surface area contributed by atoms with Crippen LogP contribution >= 0.6 is 0 Å². The van der Waals surface area contributed by atoms with E-state index in [1.807, 2.05) is 24.3 Å². The third-order valence-corrected chi connectivity index (χ3v) is 2.11. The van der Waals surface area contributed by atoms with Gasteiger partial charge in [0, 0.05) is 22.6 Å². The Labute approximate surface area is 108 Å². The Bertz CT molecular complexity index is 331. The summed E-state index contributed by atoms with van der Waals surface area (Å²) >= 11 is 0. The molecule has 0 bridgehead atoms. The van der Waals surface area contributed by atoms with Crippen LogP contribution in [0.1, 0.15) is 18.9 Å². The number of hydrogen-bond donors (Lipinski definition) is 1. The maximum Gasteiger partial charge on any atom is 0.0864 e. The van der Waals surface area contributed by atoms with Gasteiger partial charge in [-0.15, -0.1) is 0 Å². The van der Waals surface area contributed by atoms with E-state index in [1.165, 1.54) is 18.4 Å². The van der Waals surface area contributed by atoms with Crippen LogP contribution in [-0.4, -0.2) is 5.11 Å². The van der Waals surface area contributed by atoms with Gasteiger partial charge in [0.2, 0.25) is 0 Å². The molecule has 0 unspecified atom stereocenters. The molecule has 16 heavy (non-hydrogen) atoms. The van der Waals surface area contributed by atoms with Crippen LogP contribution in [0.4, 0.5) is 0 Å². The largest absolute Gasteiger partial charge is 0.515 e. The topological polar surface area (TPSA) is 20.2 Å². The fraction of sp³-hybridized carbons (Fsp3) is 0.214. The van der Waals surface area contributed by atoms with Gasteiger partial charge >= 0.3 is 0 Å². The number of rotatable bonds is 2. The number of aliphatic hydroxyl groups is 1. The summed E-state index contributed by atoms with van der Waals surface area (Å²) in [5.41, 5.74) is 2.33. The predicted molar refractivity (Wildman–Crippen MR) is 65.0 cm³/mol. The molecule has 1 aromatic carbocycles. The molecule has 0 amide bonds. The SMILES string of the molecule is CCC[c-]1cccc1.OC=C1C=CC=C1.[Fe]. The molecule has 1 nitrogen and oxygen atoms in total. The Morgan fingerprint density at radius 1 is 1.19 bits per heavy atom. The van der Waals surface area contributed by atoms with E-state index < -0.39 is 0 Å². The molecule has 1 aromatic rings. The van der Waals surface area contributed by atoms with Crippen molar-refractivity contribution in [2.24, 2.45) is 0 Å².